The van der Waals surface area contributed by atoms with Gasteiger partial charge in [0.1, 0.15) is 10.6 Å². The van der Waals surface area contributed by atoms with Crippen LogP contribution < -0.4 is 5.73 Å². The second kappa shape index (κ2) is 6.78. The Morgan fingerprint density at radius 3 is 2.86 bits per heavy atom. The molecule has 2 aromatic heterocycles. The average molecular weight is 338 g/mol. The van der Waals surface area contributed by atoms with E-state index in [1.807, 2.05) is 17.5 Å². The summed E-state index contributed by atoms with van der Waals surface area (Å²) in [5.41, 5.74) is 7.53. The van der Waals surface area contributed by atoms with Crippen molar-refractivity contribution in [2.24, 2.45) is 0 Å². The number of hydrogen-bond donors (Lipinski definition) is 1. The summed E-state index contributed by atoms with van der Waals surface area (Å²) in [6.45, 7) is 4.07. The number of morpholine rings is 1. The van der Waals surface area contributed by atoms with Gasteiger partial charge in [-0.25, -0.2) is 4.79 Å². The molecular weight excluding hydrogens is 320 g/mol. The minimum absolute atomic E-state index is 0.370. The fourth-order valence-corrected chi connectivity index (χ4v) is 4.54. The van der Waals surface area contributed by atoms with Gasteiger partial charge in [-0.2, -0.15) is 0 Å². The van der Waals surface area contributed by atoms with Gasteiger partial charge in [-0.3, -0.25) is 4.90 Å². The number of carbonyl (C=O) groups excluding carboxylic acids is 1. The summed E-state index contributed by atoms with van der Waals surface area (Å²) in [6.07, 6.45) is 0. The topological polar surface area (TPSA) is 64.8 Å². The first kappa shape index (κ1) is 15.5. The van der Waals surface area contributed by atoms with Crippen molar-refractivity contribution in [2.75, 3.05) is 39.1 Å². The molecule has 1 aliphatic heterocycles. The lowest BCUT2D eigenvalue weighted by atomic mass is 10.1. The van der Waals surface area contributed by atoms with Crippen molar-refractivity contribution >= 4 is 33.6 Å². The highest BCUT2D eigenvalue weighted by Crippen LogP contribution is 2.41. The van der Waals surface area contributed by atoms with Crippen LogP contribution in [0.5, 0.6) is 0 Å². The second-order valence-corrected chi connectivity index (χ2v) is 7.08. The summed E-state index contributed by atoms with van der Waals surface area (Å²) in [7, 11) is 1.39. The van der Waals surface area contributed by atoms with Crippen molar-refractivity contribution in [3.63, 3.8) is 0 Å². The van der Waals surface area contributed by atoms with Crippen LogP contribution in [-0.4, -0.2) is 44.3 Å². The van der Waals surface area contributed by atoms with Gasteiger partial charge in [-0.05, 0) is 11.4 Å². The van der Waals surface area contributed by atoms with Crippen molar-refractivity contribution in [1.82, 2.24) is 4.90 Å². The lowest BCUT2D eigenvalue weighted by Crippen LogP contribution is -2.35. The zero-order valence-corrected chi connectivity index (χ0v) is 14.0. The van der Waals surface area contributed by atoms with Crippen LogP contribution in [0.2, 0.25) is 0 Å². The number of nitrogen functional groups attached to an aromatic ring is 1. The van der Waals surface area contributed by atoms with Gasteiger partial charge >= 0.3 is 5.97 Å². The minimum atomic E-state index is -0.370. The average Bonchev–Trinajstić information content (AvgIpc) is 3.15. The molecule has 0 amide bonds. The maximum absolute atomic E-state index is 12.1. The molecule has 0 saturated carbocycles. The molecule has 1 saturated heterocycles. The van der Waals surface area contributed by atoms with E-state index in [0.717, 1.165) is 48.2 Å². The molecule has 1 fully saturated rings. The van der Waals surface area contributed by atoms with Crippen molar-refractivity contribution in [2.45, 2.75) is 6.54 Å². The second-order valence-electron chi connectivity index (χ2n) is 5.00. The van der Waals surface area contributed by atoms with Crippen LogP contribution in [0, 0.1) is 0 Å². The van der Waals surface area contributed by atoms with Crippen molar-refractivity contribution in [1.29, 1.82) is 0 Å². The number of anilines is 1. The Kier molecular flexibility index (Phi) is 4.77. The number of esters is 1. The highest BCUT2D eigenvalue weighted by Gasteiger charge is 2.26. The number of methoxy groups -OCH3 is 1. The van der Waals surface area contributed by atoms with E-state index in [-0.39, 0.29) is 5.97 Å². The molecule has 22 heavy (non-hydrogen) atoms. The smallest absolute Gasteiger partial charge is 0.341 e. The summed E-state index contributed by atoms with van der Waals surface area (Å²) in [5, 5.41) is 2.53. The highest BCUT2D eigenvalue weighted by molar-refractivity contribution is 7.18. The predicted octanol–water partition coefficient (Wildman–Crippen LogP) is 2.68. The first-order chi connectivity index (χ1) is 10.7. The Morgan fingerprint density at radius 2 is 2.23 bits per heavy atom. The van der Waals surface area contributed by atoms with Crippen LogP contribution in [0.4, 0.5) is 5.00 Å². The van der Waals surface area contributed by atoms with E-state index in [0.29, 0.717) is 10.6 Å². The molecular formula is C15H18N2O3S2. The van der Waals surface area contributed by atoms with E-state index in [1.165, 1.54) is 18.4 Å². The maximum atomic E-state index is 12.1. The molecule has 2 aromatic rings. The number of hydrogen-bond acceptors (Lipinski definition) is 7. The zero-order chi connectivity index (χ0) is 15.5. The Bertz CT molecular complexity index is 646. The molecule has 0 unspecified atom stereocenters. The van der Waals surface area contributed by atoms with E-state index in [4.69, 9.17) is 15.2 Å². The number of nitrogens with zero attached hydrogens (tertiary/aromatic N) is 1. The van der Waals surface area contributed by atoms with Crippen LogP contribution in [-0.2, 0) is 16.0 Å². The summed E-state index contributed by atoms with van der Waals surface area (Å²) >= 11 is 3.09. The molecule has 0 aromatic carbocycles. The first-order valence-corrected chi connectivity index (χ1v) is 8.73. The molecule has 0 radical (unpaired) electrons. The van der Waals surface area contributed by atoms with Crippen LogP contribution in [0.15, 0.2) is 17.5 Å². The largest absolute Gasteiger partial charge is 0.465 e. The van der Waals surface area contributed by atoms with Crippen LogP contribution >= 0.6 is 22.7 Å². The molecule has 0 atom stereocenters. The van der Waals surface area contributed by atoms with E-state index in [2.05, 4.69) is 4.90 Å². The molecule has 3 heterocycles. The van der Waals surface area contributed by atoms with Crippen molar-refractivity contribution in [3.05, 3.63) is 28.0 Å². The minimum Gasteiger partial charge on any atom is -0.465 e. The fourth-order valence-electron chi connectivity index (χ4n) is 2.56. The molecule has 3 rings (SSSR count). The lowest BCUT2D eigenvalue weighted by molar-refractivity contribution is 0.0346. The SMILES string of the molecule is COC(=O)c1c(N)sc(CN2CCOCC2)c1-c1cccs1. The number of thiophene rings is 2. The predicted molar refractivity (Wildman–Crippen MR) is 89.5 cm³/mol. The van der Waals surface area contributed by atoms with Crippen molar-refractivity contribution < 1.29 is 14.3 Å². The third-order valence-electron chi connectivity index (χ3n) is 3.64. The normalized spacial score (nSPS) is 15.9. The van der Waals surface area contributed by atoms with Crippen LogP contribution in [0.1, 0.15) is 15.2 Å². The molecule has 0 bridgehead atoms. The number of rotatable bonds is 4. The van der Waals surface area contributed by atoms with E-state index in [1.54, 1.807) is 11.3 Å². The molecule has 2 N–H and O–H groups in total. The Morgan fingerprint density at radius 1 is 1.45 bits per heavy atom. The number of ether oxygens (including phenoxy) is 2. The summed E-state index contributed by atoms with van der Waals surface area (Å²) in [4.78, 5) is 16.6. The lowest BCUT2D eigenvalue weighted by Gasteiger charge is -2.26. The highest BCUT2D eigenvalue weighted by atomic mass is 32.1. The third-order valence-corrected chi connectivity index (χ3v) is 5.53. The van der Waals surface area contributed by atoms with Crippen LogP contribution in [0.25, 0.3) is 10.4 Å². The van der Waals surface area contributed by atoms with Crippen LogP contribution in [0.3, 0.4) is 0 Å². The molecule has 7 heteroatoms. The van der Waals surface area contributed by atoms with Gasteiger partial charge in [0.15, 0.2) is 0 Å². The molecule has 0 spiro atoms. The quantitative estimate of drug-likeness (QED) is 0.868. The molecule has 0 aliphatic carbocycles. The molecule has 1 aliphatic rings. The van der Waals surface area contributed by atoms with Gasteiger partial charge in [0.25, 0.3) is 0 Å². The van der Waals surface area contributed by atoms with Crippen molar-refractivity contribution in [3.8, 4) is 10.4 Å². The molecule has 118 valence electrons. The van der Waals surface area contributed by atoms with E-state index >= 15 is 0 Å². The summed E-state index contributed by atoms with van der Waals surface area (Å²) in [5.74, 6) is -0.370. The molecule has 5 nitrogen and oxygen atoms in total. The number of nitrogens with two attached hydrogens (primary N) is 1. The van der Waals surface area contributed by atoms with E-state index in [9.17, 15) is 4.79 Å². The number of carbonyl (C=O) groups is 1. The van der Waals surface area contributed by atoms with Gasteiger partial charge in [0.05, 0.1) is 20.3 Å². The zero-order valence-electron chi connectivity index (χ0n) is 12.3. The van der Waals surface area contributed by atoms with Gasteiger partial charge in [0, 0.05) is 35.0 Å². The summed E-state index contributed by atoms with van der Waals surface area (Å²) in [6, 6.07) is 3.99. The Balaban J connectivity index is 2.00. The van der Waals surface area contributed by atoms with Gasteiger partial charge in [0.2, 0.25) is 0 Å². The monoisotopic (exact) mass is 338 g/mol. The Hall–Kier alpha value is -1.41. The Labute approximate surface area is 137 Å². The van der Waals surface area contributed by atoms with Gasteiger partial charge in [-0.15, -0.1) is 22.7 Å². The van der Waals surface area contributed by atoms with Gasteiger partial charge < -0.3 is 15.2 Å². The van der Waals surface area contributed by atoms with E-state index < -0.39 is 0 Å². The summed E-state index contributed by atoms with van der Waals surface area (Å²) < 4.78 is 10.3. The van der Waals surface area contributed by atoms with Gasteiger partial charge in [-0.1, -0.05) is 6.07 Å². The first-order valence-electron chi connectivity index (χ1n) is 7.04. The fraction of sp³-hybridized carbons (Fsp3) is 0.400. The standard InChI is InChI=1S/C15H18N2O3S2/c1-19-15(18)13-12(10-3-2-8-21-10)11(22-14(13)16)9-17-4-6-20-7-5-17/h2-3,8H,4-7,9,16H2,1H3. The maximum Gasteiger partial charge on any atom is 0.341 e. The third kappa shape index (κ3) is 3.03.